The predicted octanol–water partition coefficient (Wildman–Crippen LogP) is 1.28. The van der Waals surface area contributed by atoms with Crippen LogP contribution in [0.2, 0.25) is 0 Å². The van der Waals surface area contributed by atoms with Crippen molar-refractivity contribution in [3.05, 3.63) is 24.2 Å². The van der Waals surface area contributed by atoms with E-state index < -0.39 is 0 Å². The molecule has 18 heavy (non-hydrogen) atoms. The van der Waals surface area contributed by atoms with Crippen molar-refractivity contribution in [1.82, 2.24) is 9.80 Å². The number of nitrogens with zero attached hydrogens (tertiary/aromatic N) is 2. The second-order valence-electron chi connectivity index (χ2n) is 5.74. The molecule has 0 bridgehead atoms. The van der Waals surface area contributed by atoms with Gasteiger partial charge in [0.05, 0.1) is 12.5 Å². The van der Waals surface area contributed by atoms with Crippen molar-refractivity contribution in [3.63, 3.8) is 0 Å². The fourth-order valence-electron chi connectivity index (χ4n) is 3.86. The number of furan rings is 1. The van der Waals surface area contributed by atoms with Crippen LogP contribution in [0.4, 0.5) is 0 Å². The molecule has 2 unspecified atom stereocenters. The van der Waals surface area contributed by atoms with Crippen LogP contribution in [0.5, 0.6) is 0 Å². The van der Waals surface area contributed by atoms with Crippen molar-refractivity contribution in [2.45, 2.75) is 37.4 Å². The van der Waals surface area contributed by atoms with Crippen molar-refractivity contribution in [2.75, 3.05) is 26.7 Å². The third kappa shape index (κ3) is 1.79. The third-order valence-electron chi connectivity index (χ3n) is 4.93. The molecule has 0 radical (unpaired) electrons. The van der Waals surface area contributed by atoms with Crippen LogP contribution in [0.3, 0.4) is 0 Å². The highest BCUT2D eigenvalue weighted by atomic mass is 16.3. The largest absolute Gasteiger partial charge is 0.472 e. The van der Waals surface area contributed by atoms with Gasteiger partial charge in [-0.2, -0.15) is 0 Å². The Hall–Kier alpha value is -0.840. The monoisotopic (exact) mass is 249 g/mol. The number of likely N-dealkylation sites (N-methyl/N-ethyl adjacent to an activating group) is 1. The lowest BCUT2D eigenvalue weighted by Crippen LogP contribution is -2.58. The van der Waals surface area contributed by atoms with Crippen LogP contribution in [0, 0.1) is 0 Å². The number of fused-ring (bicyclic) bond motifs is 1. The predicted molar refractivity (Wildman–Crippen MR) is 71.2 cm³/mol. The Morgan fingerprint density at radius 3 is 3.17 bits per heavy atom. The molecule has 2 saturated heterocycles. The van der Waals surface area contributed by atoms with E-state index in [2.05, 4.69) is 16.8 Å². The summed E-state index contributed by atoms with van der Waals surface area (Å²) in [5.41, 5.74) is 7.56. The average molecular weight is 249 g/mol. The Balaban J connectivity index is 1.78. The van der Waals surface area contributed by atoms with Crippen molar-refractivity contribution in [1.29, 1.82) is 0 Å². The van der Waals surface area contributed by atoms with Crippen LogP contribution < -0.4 is 5.73 Å². The Morgan fingerprint density at radius 1 is 1.56 bits per heavy atom. The highest BCUT2D eigenvalue weighted by molar-refractivity contribution is 5.12. The number of hydrogen-bond acceptors (Lipinski definition) is 4. The van der Waals surface area contributed by atoms with E-state index >= 15 is 0 Å². The van der Waals surface area contributed by atoms with Crippen molar-refractivity contribution >= 4 is 0 Å². The topological polar surface area (TPSA) is 45.6 Å². The standard InChI is InChI=1S/C14H23N3O/c1-16(9-12-4-8-18-10-12)14(11-15)5-7-17-6-2-3-13(14)17/h4,8,10,13H,2-3,5-7,9,11,15H2,1H3. The van der Waals surface area contributed by atoms with Crippen LogP contribution in [0.1, 0.15) is 24.8 Å². The van der Waals surface area contributed by atoms with E-state index in [4.69, 9.17) is 10.2 Å². The maximum absolute atomic E-state index is 6.16. The number of rotatable bonds is 4. The highest BCUT2D eigenvalue weighted by Gasteiger charge is 2.50. The van der Waals surface area contributed by atoms with Gasteiger partial charge >= 0.3 is 0 Å². The quantitative estimate of drug-likeness (QED) is 0.873. The van der Waals surface area contributed by atoms with Crippen molar-refractivity contribution in [2.24, 2.45) is 5.73 Å². The van der Waals surface area contributed by atoms with Crippen molar-refractivity contribution in [3.8, 4) is 0 Å². The smallest absolute Gasteiger partial charge is 0.0947 e. The molecule has 2 atom stereocenters. The lowest BCUT2D eigenvalue weighted by molar-refractivity contribution is 0.0839. The van der Waals surface area contributed by atoms with Gasteiger partial charge in [-0.05, 0) is 38.9 Å². The highest BCUT2D eigenvalue weighted by Crippen LogP contribution is 2.39. The molecular weight excluding hydrogens is 226 g/mol. The molecule has 3 heterocycles. The van der Waals surface area contributed by atoms with Gasteiger partial charge in [-0.1, -0.05) is 0 Å². The van der Waals surface area contributed by atoms with Crippen molar-refractivity contribution < 1.29 is 4.42 Å². The zero-order valence-electron chi connectivity index (χ0n) is 11.1. The number of hydrogen-bond donors (Lipinski definition) is 1. The molecule has 4 heteroatoms. The second-order valence-corrected chi connectivity index (χ2v) is 5.74. The van der Waals surface area contributed by atoms with Gasteiger partial charge in [0.2, 0.25) is 0 Å². The Kier molecular flexibility index (Phi) is 3.18. The second kappa shape index (κ2) is 4.68. The van der Waals surface area contributed by atoms with Gasteiger partial charge in [-0.3, -0.25) is 9.80 Å². The minimum Gasteiger partial charge on any atom is -0.472 e. The fourth-order valence-corrected chi connectivity index (χ4v) is 3.86. The van der Waals surface area contributed by atoms with Crippen LogP contribution >= 0.6 is 0 Å². The molecule has 0 aliphatic carbocycles. The first-order valence-electron chi connectivity index (χ1n) is 6.93. The Bertz CT molecular complexity index is 392. The summed E-state index contributed by atoms with van der Waals surface area (Å²) in [6, 6.07) is 2.70. The summed E-state index contributed by atoms with van der Waals surface area (Å²) in [7, 11) is 2.21. The fraction of sp³-hybridized carbons (Fsp3) is 0.714. The van der Waals surface area contributed by atoms with Gasteiger partial charge in [0.25, 0.3) is 0 Å². The Morgan fingerprint density at radius 2 is 2.44 bits per heavy atom. The molecule has 3 rings (SSSR count). The first kappa shape index (κ1) is 12.2. The van der Waals surface area contributed by atoms with E-state index in [0.29, 0.717) is 6.04 Å². The molecule has 0 amide bonds. The average Bonchev–Trinajstić information content (AvgIpc) is 3.05. The van der Waals surface area contributed by atoms with Gasteiger partial charge in [0.15, 0.2) is 0 Å². The van der Waals surface area contributed by atoms with E-state index in [9.17, 15) is 0 Å². The molecule has 0 aromatic carbocycles. The summed E-state index contributed by atoms with van der Waals surface area (Å²) in [5.74, 6) is 0. The molecule has 0 spiro atoms. The van der Waals surface area contributed by atoms with E-state index in [-0.39, 0.29) is 5.54 Å². The van der Waals surface area contributed by atoms with Crippen LogP contribution in [-0.2, 0) is 6.54 Å². The van der Waals surface area contributed by atoms with E-state index in [1.807, 2.05) is 12.3 Å². The van der Waals surface area contributed by atoms with Gasteiger partial charge < -0.3 is 10.2 Å². The molecule has 100 valence electrons. The minimum absolute atomic E-state index is 0.160. The first-order chi connectivity index (χ1) is 8.76. The summed E-state index contributed by atoms with van der Waals surface area (Å²) < 4.78 is 5.16. The van der Waals surface area contributed by atoms with E-state index in [1.54, 1.807) is 6.26 Å². The SMILES string of the molecule is CN(Cc1ccoc1)C1(CN)CCN2CCCC21. The third-order valence-corrected chi connectivity index (χ3v) is 4.93. The minimum atomic E-state index is 0.160. The number of nitrogens with two attached hydrogens (primary N) is 1. The molecular formula is C14H23N3O. The lowest BCUT2D eigenvalue weighted by atomic mass is 9.86. The van der Waals surface area contributed by atoms with Gasteiger partial charge in [0, 0.05) is 36.8 Å². The Labute approximate surface area is 109 Å². The van der Waals surface area contributed by atoms with Gasteiger partial charge in [-0.15, -0.1) is 0 Å². The molecule has 0 saturated carbocycles. The van der Waals surface area contributed by atoms with E-state index in [1.165, 1.54) is 37.9 Å². The maximum atomic E-state index is 6.16. The van der Waals surface area contributed by atoms with Gasteiger partial charge in [0.1, 0.15) is 0 Å². The molecule has 2 aliphatic rings. The molecule has 1 aromatic heterocycles. The summed E-state index contributed by atoms with van der Waals surface area (Å²) >= 11 is 0. The summed E-state index contributed by atoms with van der Waals surface area (Å²) in [6.07, 6.45) is 7.40. The molecule has 2 fully saturated rings. The first-order valence-corrected chi connectivity index (χ1v) is 6.93. The maximum Gasteiger partial charge on any atom is 0.0947 e. The van der Waals surface area contributed by atoms with Crippen LogP contribution in [-0.4, -0.2) is 48.1 Å². The molecule has 1 aromatic rings. The van der Waals surface area contributed by atoms with E-state index in [0.717, 1.165) is 13.1 Å². The lowest BCUT2D eigenvalue weighted by Gasteiger charge is -2.42. The van der Waals surface area contributed by atoms with Crippen LogP contribution in [0.25, 0.3) is 0 Å². The van der Waals surface area contributed by atoms with Gasteiger partial charge in [-0.25, -0.2) is 0 Å². The summed E-state index contributed by atoms with van der Waals surface area (Å²) in [4.78, 5) is 5.08. The summed E-state index contributed by atoms with van der Waals surface area (Å²) in [5, 5.41) is 0. The molecule has 4 nitrogen and oxygen atoms in total. The summed E-state index contributed by atoms with van der Waals surface area (Å²) in [6.45, 7) is 4.14. The zero-order chi connectivity index (χ0) is 12.6. The normalized spacial score (nSPS) is 32.3. The van der Waals surface area contributed by atoms with Crippen LogP contribution in [0.15, 0.2) is 23.0 Å². The zero-order valence-corrected chi connectivity index (χ0v) is 11.1. The molecule has 2 aliphatic heterocycles. The molecule has 2 N–H and O–H groups in total.